The van der Waals surface area contributed by atoms with Crippen molar-refractivity contribution in [2.45, 2.75) is 31.9 Å². The molecule has 0 unspecified atom stereocenters. The smallest absolute Gasteiger partial charge is 0.378 e. The Labute approximate surface area is 155 Å². The predicted molar refractivity (Wildman–Crippen MR) is 93.6 cm³/mol. The second-order valence-electron chi connectivity index (χ2n) is 6.13. The summed E-state index contributed by atoms with van der Waals surface area (Å²) in [6.07, 6.45) is -1.16. The van der Waals surface area contributed by atoms with Gasteiger partial charge in [0.1, 0.15) is 5.69 Å². The summed E-state index contributed by atoms with van der Waals surface area (Å²) in [5.74, 6) is 0. The van der Waals surface area contributed by atoms with Gasteiger partial charge in [-0.15, -0.1) is 0 Å². The molecule has 0 aliphatic carbocycles. The van der Waals surface area contributed by atoms with Crippen molar-refractivity contribution in [3.05, 3.63) is 33.9 Å². The standard InChI is InChI=1S/C15H21F3N4O4S/c16-15(17,18)12-5-6-13(14(11-12)22(23)24)19-7-8-20-27(25,26)21-9-3-1-2-4-10-21/h5-6,11,19-20H,1-4,7-10H2. The maximum absolute atomic E-state index is 12.7. The summed E-state index contributed by atoms with van der Waals surface area (Å²) in [6, 6.07) is 2.14. The van der Waals surface area contributed by atoms with E-state index >= 15 is 0 Å². The molecule has 2 N–H and O–H groups in total. The van der Waals surface area contributed by atoms with Crippen molar-refractivity contribution in [3.8, 4) is 0 Å². The lowest BCUT2D eigenvalue weighted by Gasteiger charge is -2.20. The molecule has 0 amide bonds. The van der Waals surface area contributed by atoms with Crippen LogP contribution in [0.2, 0.25) is 0 Å². The van der Waals surface area contributed by atoms with Crippen molar-refractivity contribution in [2.24, 2.45) is 0 Å². The van der Waals surface area contributed by atoms with Crippen LogP contribution in [0, 0.1) is 10.1 Å². The highest BCUT2D eigenvalue weighted by Crippen LogP contribution is 2.34. The molecule has 0 saturated carbocycles. The van der Waals surface area contributed by atoms with Crippen LogP contribution < -0.4 is 10.0 Å². The van der Waals surface area contributed by atoms with Gasteiger partial charge < -0.3 is 5.32 Å². The number of benzene rings is 1. The van der Waals surface area contributed by atoms with Crippen LogP contribution in [0.4, 0.5) is 24.5 Å². The summed E-state index contributed by atoms with van der Waals surface area (Å²) in [4.78, 5) is 10.1. The minimum atomic E-state index is -4.69. The van der Waals surface area contributed by atoms with E-state index in [0.29, 0.717) is 19.2 Å². The summed E-state index contributed by atoms with van der Waals surface area (Å²) < 4.78 is 66.3. The number of rotatable bonds is 7. The predicted octanol–water partition coefficient (Wildman–Crippen LogP) is 2.74. The molecule has 1 heterocycles. The largest absolute Gasteiger partial charge is 0.416 e. The van der Waals surface area contributed by atoms with E-state index in [1.165, 1.54) is 4.31 Å². The molecule has 152 valence electrons. The van der Waals surface area contributed by atoms with E-state index in [2.05, 4.69) is 10.0 Å². The monoisotopic (exact) mass is 410 g/mol. The van der Waals surface area contributed by atoms with Gasteiger partial charge in [-0.2, -0.15) is 25.9 Å². The zero-order chi connectivity index (χ0) is 20.1. The molecule has 2 rings (SSSR count). The summed E-state index contributed by atoms with van der Waals surface area (Å²) in [5, 5.41) is 13.6. The summed E-state index contributed by atoms with van der Waals surface area (Å²) in [7, 11) is -3.65. The first-order chi connectivity index (χ1) is 12.6. The highest BCUT2D eigenvalue weighted by Gasteiger charge is 2.33. The first-order valence-electron chi connectivity index (χ1n) is 8.45. The lowest BCUT2D eigenvalue weighted by molar-refractivity contribution is -0.384. The Hall–Kier alpha value is -1.92. The van der Waals surface area contributed by atoms with Gasteiger partial charge in [-0.05, 0) is 25.0 Å². The minimum Gasteiger partial charge on any atom is -0.378 e. The van der Waals surface area contributed by atoms with Crippen molar-refractivity contribution >= 4 is 21.6 Å². The highest BCUT2D eigenvalue weighted by atomic mass is 32.2. The lowest BCUT2D eigenvalue weighted by Crippen LogP contribution is -2.42. The van der Waals surface area contributed by atoms with Crippen molar-refractivity contribution in [1.82, 2.24) is 9.03 Å². The fourth-order valence-corrected chi connectivity index (χ4v) is 4.04. The molecule has 0 aromatic heterocycles. The SMILES string of the molecule is O=[N+]([O-])c1cc(C(F)(F)F)ccc1NCCNS(=O)(=O)N1CCCCCC1. The van der Waals surface area contributed by atoms with E-state index in [-0.39, 0.29) is 18.8 Å². The Morgan fingerprint density at radius 2 is 1.74 bits per heavy atom. The van der Waals surface area contributed by atoms with Crippen molar-refractivity contribution < 1.29 is 26.5 Å². The third kappa shape index (κ3) is 6.04. The van der Waals surface area contributed by atoms with Gasteiger partial charge >= 0.3 is 6.18 Å². The van der Waals surface area contributed by atoms with Crippen LogP contribution in [0.25, 0.3) is 0 Å². The molecule has 8 nitrogen and oxygen atoms in total. The first kappa shape index (κ1) is 21.4. The van der Waals surface area contributed by atoms with E-state index in [9.17, 15) is 31.7 Å². The fraction of sp³-hybridized carbons (Fsp3) is 0.600. The average molecular weight is 410 g/mol. The first-order valence-corrected chi connectivity index (χ1v) is 9.89. The number of nitrogens with zero attached hydrogens (tertiary/aromatic N) is 2. The van der Waals surface area contributed by atoms with Crippen LogP contribution in [-0.4, -0.2) is 43.8 Å². The third-order valence-corrected chi connectivity index (χ3v) is 5.77. The van der Waals surface area contributed by atoms with E-state index in [1.807, 2.05) is 0 Å². The van der Waals surface area contributed by atoms with Crippen molar-refractivity contribution in [2.75, 3.05) is 31.5 Å². The average Bonchev–Trinajstić information content (AvgIpc) is 2.87. The van der Waals surface area contributed by atoms with Crippen molar-refractivity contribution in [1.29, 1.82) is 0 Å². The van der Waals surface area contributed by atoms with E-state index in [0.717, 1.165) is 37.8 Å². The molecule has 0 spiro atoms. The summed E-state index contributed by atoms with van der Waals surface area (Å²) >= 11 is 0. The van der Waals surface area contributed by atoms with Gasteiger partial charge in [0.15, 0.2) is 0 Å². The van der Waals surface area contributed by atoms with Crippen LogP contribution in [0.15, 0.2) is 18.2 Å². The lowest BCUT2D eigenvalue weighted by atomic mass is 10.1. The number of anilines is 1. The molecule has 0 atom stereocenters. The number of halogens is 3. The van der Waals surface area contributed by atoms with Crippen LogP contribution in [-0.2, 0) is 16.4 Å². The van der Waals surface area contributed by atoms with Crippen LogP contribution >= 0.6 is 0 Å². The zero-order valence-corrected chi connectivity index (χ0v) is 15.3. The van der Waals surface area contributed by atoms with Crippen LogP contribution in [0.3, 0.4) is 0 Å². The Kier molecular flexibility index (Phi) is 7.00. The second kappa shape index (κ2) is 8.85. The van der Waals surface area contributed by atoms with Crippen LogP contribution in [0.1, 0.15) is 31.2 Å². The molecular weight excluding hydrogens is 389 g/mol. The van der Waals surface area contributed by atoms with Gasteiger partial charge in [-0.3, -0.25) is 10.1 Å². The van der Waals surface area contributed by atoms with Gasteiger partial charge in [0.2, 0.25) is 0 Å². The highest BCUT2D eigenvalue weighted by molar-refractivity contribution is 7.87. The summed E-state index contributed by atoms with van der Waals surface area (Å²) in [6.45, 7) is 0.802. The number of alkyl halides is 3. The van der Waals surface area contributed by atoms with Gasteiger partial charge in [0.25, 0.3) is 15.9 Å². The van der Waals surface area contributed by atoms with Gasteiger partial charge in [0, 0.05) is 32.2 Å². The van der Waals surface area contributed by atoms with Gasteiger partial charge in [0.05, 0.1) is 10.5 Å². The normalized spacial score (nSPS) is 16.7. The maximum Gasteiger partial charge on any atom is 0.416 e. The number of nitro benzene ring substituents is 1. The number of hydrogen-bond acceptors (Lipinski definition) is 5. The molecule has 0 bridgehead atoms. The molecule has 1 aliphatic rings. The molecule has 1 aromatic rings. The molecule has 1 fully saturated rings. The third-order valence-electron chi connectivity index (χ3n) is 4.15. The topological polar surface area (TPSA) is 105 Å². The Bertz CT molecular complexity index is 763. The molecule has 0 radical (unpaired) electrons. The number of nitrogens with one attached hydrogen (secondary N) is 2. The van der Waals surface area contributed by atoms with Crippen molar-refractivity contribution in [3.63, 3.8) is 0 Å². The molecule has 27 heavy (non-hydrogen) atoms. The molecule has 1 aromatic carbocycles. The quantitative estimate of drug-likeness (QED) is 0.409. The van der Waals surface area contributed by atoms with E-state index < -0.39 is 32.6 Å². The Balaban J connectivity index is 1.95. The Morgan fingerprint density at radius 3 is 2.30 bits per heavy atom. The maximum atomic E-state index is 12.7. The number of nitro groups is 1. The molecule has 1 aliphatic heterocycles. The fourth-order valence-electron chi connectivity index (χ4n) is 2.76. The van der Waals surface area contributed by atoms with Gasteiger partial charge in [-0.25, -0.2) is 4.72 Å². The van der Waals surface area contributed by atoms with E-state index in [4.69, 9.17) is 0 Å². The molecule has 12 heteroatoms. The molecular formula is C15H21F3N4O4S. The van der Waals surface area contributed by atoms with Gasteiger partial charge in [-0.1, -0.05) is 12.8 Å². The minimum absolute atomic E-state index is 0.0146. The second-order valence-corrected chi connectivity index (χ2v) is 7.88. The summed E-state index contributed by atoms with van der Waals surface area (Å²) in [5.41, 5.74) is -1.95. The zero-order valence-electron chi connectivity index (χ0n) is 14.5. The van der Waals surface area contributed by atoms with Crippen LogP contribution in [0.5, 0.6) is 0 Å². The molecule has 1 saturated heterocycles. The van der Waals surface area contributed by atoms with E-state index in [1.54, 1.807) is 0 Å². The Morgan fingerprint density at radius 1 is 1.11 bits per heavy atom. The number of hydrogen-bond donors (Lipinski definition) is 2.